The minimum absolute atomic E-state index is 0.0549. The number of hydrogen-bond acceptors (Lipinski definition) is 10. The lowest BCUT2D eigenvalue weighted by Crippen LogP contribution is -2.66. The van der Waals surface area contributed by atoms with Gasteiger partial charge in [-0.25, -0.2) is 4.79 Å². The van der Waals surface area contributed by atoms with E-state index in [9.17, 15) is 30.3 Å². The Kier molecular flexibility index (Phi) is 7.43. The predicted molar refractivity (Wildman–Crippen MR) is 142 cm³/mol. The predicted octanol–water partition coefficient (Wildman–Crippen LogP) is 1.28. The zero-order chi connectivity index (χ0) is 28.6. The first kappa shape index (κ1) is 29.0. The Morgan fingerprint density at radius 1 is 1.00 bits per heavy atom. The normalized spacial score (nSPS) is 52.5. The Balaban J connectivity index is 1.19. The molecule has 0 spiro atoms. The number of hydrogen-bond donors (Lipinski definition) is 5. The quantitative estimate of drug-likeness (QED) is 0.244. The van der Waals surface area contributed by atoms with E-state index >= 15 is 0 Å². The molecule has 226 valence electrons. The molecular weight excluding hydrogens is 518 g/mol. The van der Waals surface area contributed by atoms with Gasteiger partial charge in [-0.2, -0.15) is 5.06 Å². The number of rotatable bonds is 5. The maximum atomic E-state index is 12.4. The first-order valence-corrected chi connectivity index (χ1v) is 15.2. The van der Waals surface area contributed by atoms with Crippen LogP contribution in [0.25, 0.3) is 0 Å². The smallest absolute Gasteiger partial charge is 0.331 e. The molecule has 10 nitrogen and oxygen atoms in total. The molecular formula is C30H47NO9. The van der Waals surface area contributed by atoms with Crippen LogP contribution in [0.15, 0.2) is 11.6 Å². The lowest BCUT2D eigenvalue weighted by atomic mass is 9.43. The van der Waals surface area contributed by atoms with Crippen LogP contribution in [0.2, 0.25) is 0 Å². The zero-order valence-corrected chi connectivity index (χ0v) is 23.9. The van der Waals surface area contributed by atoms with Crippen molar-refractivity contribution >= 4 is 5.97 Å². The molecule has 10 heteroatoms. The van der Waals surface area contributed by atoms with Gasteiger partial charge in [-0.3, -0.25) is 4.84 Å². The molecule has 0 aromatic rings. The Hall–Kier alpha value is -1.11. The molecule has 5 N–H and O–H groups in total. The molecule has 2 heterocycles. The number of fused-ring (bicyclic) bond motifs is 5. The highest BCUT2D eigenvalue weighted by Gasteiger charge is 2.68. The van der Waals surface area contributed by atoms with E-state index in [1.807, 2.05) is 0 Å². The molecule has 4 saturated carbocycles. The van der Waals surface area contributed by atoms with Gasteiger partial charge in [-0.1, -0.05) is 13.8 Å². The number of carbonyl (C=O) groups excluding carboxylic acids is 1. The number of nitrogens with zero attached hydrogens (tertiary/aromatic N) is 1. The number of carbonyl (C=O) groups is 1. The summed E-state index contributed by atoms with van der Waals surface area (Å²) in [4.78, 5) is 17.6. The molecule has 0 aromatic heterocycles. The molecule has 4 aliphatic carbocycles. The average Bonchev–Trinajstić information content (AvgIpc) is 3.48. The van der Waals surface area contributed by atoms with Crippen LogP contribution in [0.4, 0.5) is 0 Å². The number of ether oxygens (including phenoxy) is 2. The Labute approximate surface area is 236 Å². The van der Waals surface area contributed by atoms with E-state index < -0.39 is 42.9 Å². The fourth-order valence-electron chi connectivity index (χ4n) is 10.4. The van der Waals surface area contributed by atoms with Gasteiger partial charge in [0.25, 0.3) is 0 Å². The monoisotopic (exact) mass is 565 g/mol. The van der Waals surface area contributed by atoms with Crippen LogP contribution in [0.3, 0.4) is 0 Å². The summed E-state index contributed by atoms with van der Waals surface area (Å²) in [6.45, 7) is 4.53. The van der Waals surface area contributed by atoms with E-state index in [0.29, 0.717) is 18.4 Å². The molecule has 0 radical (unpaired) electrons. The molecule has 2 aliphatic heterocycles. The molecule has 4 unspecified atom stereocenters. The lowest BCUT2D eigenvalue weighted by molar-refractivity contribution is -0.344. The maximum absolute atomic E-state index is 12.4. The summed E-state index contributed by atoms with van der Waals surface area (Å²) in [6.07, 6.45) is 3.63. The fraction of sp³-hybridized carbons (Fsp3) is 0.900. The number of esters is 1. The van der Waals surface area contributed by atoms with Gasteiger partial charge >= 0.3 is 5.97 Å². The first-order chi connectivity index (χ1) is 19.0. The largest absolute Gasteiger partial charge is 0.458 e. The van der Waals surface area contributed by atoms with Crippen molar-refractivity contribution in [3.8, 4) is 0 Å². The van der Waals surface area contributed by atoms with Gasteiger partial charge in [-0.15, -0.1) is 0 Å². The van der Waals surface area contributed by atoms with Crippen LogP contribution in [-0.4, -0.2) is 99.2 Å². The first-order valence-electron chi connectivity index (χ1n) is 15.2. The Morgan fingerprint density at radius 2 is 1.77 bits per heavy atom. The minimum Gasteiger partial charge on any atom is -0.458 e. The van der Waals surface area contributed by atoms with Crippen molar-refractivity contribution in [3.05, 3.63) is 11.6 Å². The third kappa shape index (κ3) is 4.08. The second kappa shape index (κ2) is 10.3. The third-order valence-electron chi connectivity index (χ3n) is 12.6. The van der Waals surface area contributed by atoms with E-state index in [2.05, 4.69) is 13.8 Å². The summed E-state index contributed by atoms with van der Waals surface area (Å²) in [6, 6.07) is -0.0549. The van der Waals surface area contributed by atoms with Gasteiger partial charge in [0.15, 0.2) is 6.23 Å². The van der Waals surface area contributed by atoms with Crippen molar-refractivity contribution in [1.29, 1.82) is 0 Å². The molecule has 0 aromatic carbocycles. The molecule has 13 atom stereocenters. The highest BCUT2D eigenvalue weighted by Crippen LogP contribution is 2.70. The third-order valence-corrected chi connectivity index (χ3v) is 12.6. The molecule has 0 bridgehead atoms. The SMILES string of the molecule is CON(C1O[C@@H](CO)[C@@H](O)[C@@H](O)[C@@H]1O)[C@@H]1CC[C@@]2(C)C(CCC3C2CC[C@]2(C)[C@@H](C4=CC(=O)OC4)CC[C@]32O)C1. The van der Waals surface area contributed by atoms with Crippen LogP contribution in [0, 0.1) is 34.5 Å². The Bertz CT molecular complexity index is 1020. The van der Waals surface area contributed by atoms with Crippen LogP contribution < -0.4 is 0 Å². The van der Waals surface area contributed by atoms with Crippen molar-refractivity contribution in [2.24, 2.45) is 34.5 Å². The van der Waals surface area contributed by atoms with Crippen LogP contribution in [-0.2, 0) is 19.1 Å². The van der Waals surface area contributed by atoms with E-state index in [0.717, 1.165) is 63.4 Å². The zero-order valence-electron chi connectivity index (χ0n) is 23.9. The van der Waals surface area contributed by atoms with E-state index in [1.165, 1.54) is 7.11 Å². The summed E-state index contributed by atoms with van der Waals surface area (Å²) in [7, 11) is 1.53. The minimum atomic E-state index is -1.45. The number of cyclic esters (lactones) is 1. The molecule has 0 amide bonds. The van der Waals surface area contributed by atoms with Crippen LogP contribution in [0.5, 0.6) is 0 Å². The number of aliphatic hydroxyl groups excluding tert-OH is 4. The van der Waals surface area contributed by atoms with Crippen molar-refractivity contribution < 1.29 is 44.6 Å². The highest BCUT2D eigenvalue weighted by atomic mass is 16.7. The van der Waals surface area contributed by atoms with Crippen LogP contribution >= 0.6 is 0 Å². The second-order valence-corrected chi connectivity index (χ2v) is 14.0. The van der Waals surface area contributed by atoms with Gasteiger partial charge in [0.1, 0.15) is 31.0 Å². The van der Waals surface area contributed by atoms with E-state index in [-0.39, 0.29) is 34.7 Å². The molecule has 5 fully saturated rings. The second-order valence-electron chi connectivity index (χ2n) is 14.0. The van der Waals surface area contributed by atoms with Crippen molar-refractivity contribution in [1.82, 2.24) is 5.06 Å². The Morgan fingerprint density at radius 3 is 2.45 bits per heavy atom. The standard InChI is InChI=1S/C30H47NO9/c1-28-9-6-18(31(38-3)27-26(36)25(35)24(34)22(14-32)40-27)13-17(28)4-5-21-20(28)7-10-29(2)19(8-11-30(21,29)37)16-12-23(33)39-15-16/h12,17-22,24-27,32,34-37H,4-11,13-15H2,1-3H3/t17?,18-,19-,20?,21?,22+,24-,25-,26+,27?,28+,29-,30+/m1/s1. The van der Waals surface area contributed by atoms with Crippen LogP contribution in [0.1, 0.15) is 71.6 Å². The maximum Gasteiger partial charge on any atom is 0.331 e. The van der Waals surface area contributed by atoms with Gasteiger partial charge in [-0.05, 0) is 92.4 Å². The molecule has 40 heavy (non-hydrogen) atoms. The summed E-state index contributed by atoms with van der Waals surface area (Å²) < 4.78 is 11.1. The van der Waals surface area contributed by atoms with Gasteiger partial charge < -0.3 is 35.0 Å². The van der Waals surface area contributed by atoms with E-state index in [1.54, 1.807) is 11.1 Å². The highest BCUT2D eigenvalue weighted by molar-refractivity contribution is 5.85. The van der Waals surface area contributed by atoms with Gasteiger partial charge in [0.05, 0.1) is 19.3 Å². The van der Waals surface area contributed by atoms with Crippen molar-refractivity contribution in [2.75, 3.05) is 20.3 Å². The lowest BCUT2D eigenvalue weighted by Gasteiger charge is -2.64. The molecule has 6 rings (SSSR count). The summed E-state index contributed by atoms with van der Waals surface area (Å²) in [5.74, 6) is 0.949. The summed E-state index contributed by atoms with van der Waals surface area (Å²) >= 11 is 0. The van der Waals surface area contributed by atoms with E-state index in [4.69, 9.17) is 14.3 Å². The summed E-state index contributed by atoms with van der Waals surface area (Å²) in [5, 5.41) is 55.1. The molecule has 1 saturated heterocycles. The topological polar surface area (TPSA) is 149 Å². The number of hydroxylamine groups is 2. The van der Waals surface area contributed by atoms with Crippen molar-refractivity contribution in [2.45, 2.75) is 114 Å². The number of aliphatic hydroxyl groups is 5. The molecule has 6 aliphatic rings. The van der Waals surface area contributed by atoms with Gasteiger partial charge in [0.2, 0.25) is 0 Å². The fourth-order valence-corrected chi connectivity index (χ4v) is 10.4. The van der Waals surface area contributed by atoms with Crippen molar-refractivity contribution in [3.63, 3.8) is 0 Å². The van der Waals surface area contributed by atoms with Gasteiger partial charge in [0, 0.05) is 17.5 Å². The summed E-state index contributed by atoms with van der Waals surface area (Å²) in [5.41, 5.74) is 0.0988. The average molecular weight is 566 g/mol.